The highest BCUT2D eigenvalue weighted by Gasteiger charge is 2.16. The van der Waals surface area contributed by atoms with Crippen LogP contribution in [0, 0.1) is 6.92 Å². The largest absolute Gasteiger partial charge is 0.283 e. The minimum atomic E-state index is -0.301. The van der Waals surface area contributed by atoms with Gasteiger partial charge in [-0.1, -0.05) is 66.2 Å². The van der Waals surface area contributed by atoms with E-state index in [4.69, 9.17) is 11.6 Å². The van der Waals surface area contributed by atoms with Crippen LogP contribution in [0.1, 0.15) is 20.8 Å². The Morgan fingerprint density at radius 3 is 2.77 bits per heavy atom. The smallest absolute Gasteiger partial charge is 0.266 e. The Bertz CT molecular complexity index is 1160. The molecule has 0 spiro atoms. The number of carbonyl (C=O) groups excluding carboxylic acids is 1. The van der Waals surface area contributed by atoms with Crippen LogP contribution in [0.3, 0.4) is 0 Å². The van der Waals surface area contributed by atoms with E-state index in [2.05, 4.69) is 10.5 Å². The lowest BCUT2D eigenvalue weighted by molar-refractivity contribution is 0.0959. The molecule has 0 saturated heterocycles. The number of hydrazone groups is 1. The third-order valence-corrected chi connectivity index (χ3v) is 5.84. The number of rotatable bonds is 3. The number of benzene rings is 3. The fraction of sp³-hybridized carbons (Fsp3) is 0.0476. The molecule has 0 saturated carbocycles. The van der Waals surface area contributed by atoms with Crippen molar-refractivity contribution in [3.8, 4) is 0 Å². The molecule has 0 aliphatic heterocycles. The summed E-state index contributed by atoms with van der Waals surface area (Å²) in [5.74, 6) is -0.301. The molecule has 5 heteroatoms. The Morgan fingerprint density at radius 2 is 1.88 bits per heavy atom. The summed E-state index contributed by atoms with van der Waals surface area (Å²) in [5.41, 5.74) is 4.67. The van der Waals surface area contributed by atoms with Gasteiger partial charge >= 0.3 is 0 Å². The number of halogens is 1. The lowest BCUT2D eigenvalue weighted by atomic mass is 10.1. The molecule has 3 nitrogen and oxygen atoms in total. The Balaban J connectivity index is 1.59. The van der Waals surface area contributed by atoms with E-state index in [1.807, 2.05) is 67.6 Å². The number of aryl methyl sites for hydroxylation is 1. The number of hydrogen-bond acceptors (Lipinski definition) is 3. The summed E-state index contributed by atoms with van der Waals surface area (Å²) in [5, 5.41) is 7.71. The van der Waals surface area contributed by atoms with Crippen LogP contribution >= 0.6 is 22.9 Å². The second-order valence-corrected chi connectivity index (χ2v) is 7.44. The number of hydrogen-bond donors (Lipinski definition) is 1. The second kappa shape index (κ2) is 6.90. The first-order valence-corrected chi connectivity index (χ1v) is 9.33. The molecular formula is C21H15ClN2OS. The molecule has 26 heavy (non-hydrogen) atoms. The first-order valence-electron chi connectivity index (χ1n) is 8.13. The molecule has 1 amide bonds. The normalized spacial score (nSPS) is 11.5. The lowest BCUT2D eigenvalue weighted by Crippen LogP contribution is -2.16. The highest BCUT2D eigenvalue weighted by atomic mass is 35.5. The first-order chi connectivity index (χ1) is 12.6. The molecule has 0 aliphatic carbocycles. The van der Waals surface area contributed by atoms with Gasteiger partial charge in [0.05, 0.1) is 11.2 Å². The quantitative estimate of drug-likeness (QED) is 0.356. The zero-order valence-corrected chi connectivity index (χ0v) is 15.6. The van der Waals surface area contributed by atoms with Crippen molar-refractivity contribution >= 4 is 55.9 Å². The molecule has 0 aliphatic rings. The van der Waals surface area contributed by atoms with Crippen LogP contribution < -0.4 is 5.43 Å². The van der Waals surface area contributed by atoms with Crippen LogP contribution in [0.25, 0.3) is 20.9 Å². The van der Waals surface area contributed by atoms with Gasteiger partial charge in [0.1, 0.15) is 4.88 Å². The molecule has 0 bridgehead atoms. The molecule has 4 rings (SSSR count). The third kappa shape index (κ3) is 3.09. The van der Waals surface area contributed by atoms with E-state index in [1.165, 1.54) is 11.3 Å². The van der Waals surface area contributed by atoms with Gasteiger partial charge in [-0.25, -0.2) is 5.43 Å². The number of nitrogens with zero attached hydrogens (tertiary/aromatic N) is 1. The van der Waals surface area contributed by atoms with E-state index in [0.29, 0.717) is 9.90 Å². The Hall–Kier alpha value is -2.69. The van der Waals surface area contributed by atoms with Crippen LogP contribution in [0.15, 0.2) is 65.8 Å². The van der Waals surface area contributed by atoms with Gasteiger partial charge in [-0.3, -0.25) is 4.79 Å². The highest BCUT2D eigenvalue weighted by Crippen LogP contribution is 2.35. The molecular weight excluding hydrogens is 364 g/mol. The van der Waals surface area contributed by atoms with Gasteiger partial charge in [0, 0.05) is 15.6 Å². The lowest BCUT2D eigenvalue weighted by Gasteiger charge is -2.01. The molecule has 0 radical (unpaired) electrons. The number of carbonyl (C=O) groups is 1. The van der Waals surface area contributed by atoms with Crippen LogP contribution in [0.2, 0.25) is 5.02 Å². The molecule has 1 heterocycles. The van der Waals surface area contributed by atoms with Gasteiger partial charge in [-0.2, -0.15) is 5.10 Å². The van der Waals surface area contributed by atoms with Gasteiger partial charge in [0.2, 0.25) is 0 Å². The molecule has 0 unspecified atom stereocenters. The second-order valence-electron chi connectivity index (χ2n) is 6.01. The van der Waals surface area contributed by atoms with Crippen molar-refractivity contribution in [3.63, 3.8) is 0 Å². The van der Waals surface area contributed by atoms with Crippen LogP contribution in [0.5, 0.6) is 0 Å². The molecule has 0 atom stereocenters. The molecule has 4 aromatic rings. The number of amides is 1. The number of thiophene rings is 1. The summed E-state index contributed by atoms with van der Waals surface area (Å²) in [6, 6.07) is 20.0. The summed E-state index contributed by atoms with van der Waals surface area (Å²) >= 11 is 7.75. The number of nitrogens with one attached hydrogen (secondary N) is 1. The Labute approximate surface area is 159 Å². The SMILES string of the molecule is Cc1ccc2c(Cl)c(C(=O)N/N=C/c3cccc4ccccc34)sc2c1. The maximum absolute atomic E-state index is 12.5. The van der Waals surface area contributed by atoms with E-state index in [9.17, 15) is 4.79 Å². The van der Waals surface area contributed by atoms with Crippen molar-refractivity contribution in [1.82, 2.24) is 5.43 Å². The third-order valence-electron chi connectivity index (χ3n) is 4.18. The predicted molar refractivity (Wildman–Crippen MR) is 111 cm³/mol. The number of fused-ring (bicyclic) bond motifs is 2. The average Bonchev–Trinajstić information content (AvgIpc) is 2.98. The fourth-order valence-electron chi connectivity index (χ4n) is 2.89. The van der Waals surface area contributed by atoms with Gasteiger partial charge in [0.25, 0.3) is 5.91 Å². The minimum absolute atomic E-state index is 0.301. The fourth-order valence-corrected chi connectivity index (χ4v) is 4.40. The maximum Gasteiger partial charge on any atom is 0.283 e. The van der Waals surface area contributed by atoms with Crippen LogP contribution in [-0.4, -0.2) is 12.1 Å². The van der Waals surface area contributed by atoms with Gasteiger partial charge in [-0.05, 0) is 29.3 Å². The van der Waals surface area contributed by atoms with E-state index in [1.54, 1.807) is 6.21 Å². The zero-order chi connectivity index (χ0) is 18.1. The molecule has 1 N–H and O–H groups in total. The predicted octanol–water partition coefficient (Wildman–Crippen LogP) is 5.78. The first kappa shape index (κ1) is 16.8. The summed E-state index contributed by atoms with van der Waals surface area (Å²) in [6.45, 7) is 2.02. The van der Waals surface area contributed by atoms with Crippen molar-refractivity contribution in [2.75, 3.05) is 0 Å². The van der Waals surface area contributed by atoms with Crippen molar-refractivity contribution < 1.29 is 4.79 Å². The summed E-state index contributed by atoms with van der Waals surface area (Å²) < 4.78 is 0.998. The monoisotopic (exact) mass is 378 g/mol. The molecule has 0 fully saturated rings. The van der Waals surface area contributed by atoms with E-state index < -0.39 is 0 Å². The van der Waals surface area contributed by atoms with E-state index in [-0.39, 0.29) is 5.91 Å². The van der Waals surface area contributed by atoms with E-state index >= 15 is 0 Å². The van der Waals surface area contributed by atoms with Crippen molar-refractivity contribution in [2.24, 2.45) is 5.10 Å². The molecule has 1 aromatic heterocycles. The Kier molecular flexibility index (Phi) is 4.45. The topological polar surface area (TPSA) is 41.5 Å². The van der Waals surface area contributed by atoms with Crippen LogP contribution in [0.4, 0.5) is 0 Å². The van der Waals surface area contributed by atoms with Crippen molar-refractivity contribution in [1.29, 1.82) is 0 Å². The van der Waals surface area contributed by atoms with Crippen molar-refractivity contribution in [2.45, 2.75) is 6.92 Å². The van der Waals surface area contributed by atoms with Crippen molar-refractivity contribution in [3.05, 3.63) is 81.7 Å². The van der Waals surface area contributed by atoms with Gasteiger partial charge in [-0.15, -0.1) is 11.3 Å². The maximum atomic E-state index is 12.5. The standard InChI is InChI=1S/C21H15ClN2OS/c1-13-9-10-17-18(11-13)26-20(19(17)22)21(25)24-23-12-15-7-4-6-14-5-2-3-8-16(14)15/h2-12H,1H3,(H,24,25)/b23-12+. The molecule has 3 aromatic carbocycles. The van der Waals surface area contributed by atoms with Crippen LogP contribution in [-0.2, 0) is 0 Å². The minimum Gasteiger partial charge on any atom is -0.266 e. The molecule has 128 valence electrons. The summed E-state index contributed by atoms with van der Waals surface area (Å²) in [4.78, 5) is 12.9. The zero-order valence-electron chi connectivity index (χ0n) is 14.0. The van der Waals surface area contributed by atoms with Gasteiger partial charge in [0.15, 0.2) is 0 Å². The summed E-state index contributed by atoms with van der Waals surface area (Å²) in [7, 11) is 0. The average molecular weight is 379 g/mol. The Morgan fingerprint density at radius 1 is 1.08 bits per heavy atom. The summed E-state index contributed by atoms with van der Waals surface area (Å²) in [6.07, 6.45) is 1.66. The highest BCUT2D eigenvalue weighted by molar-refractivity contribution is 7.21. The van der Waals surface area contributed by atoms with E-state index in [0.717, 1.165) is 32.0 Å². The van der Waals surface area contributed by atoms with Gasteiger partial charge < -0.3 is 0 Å².